The number of amides is 1. The average molecular weight is 314 g/mol. The molecule has 0 aromatic carbocycles. The Bertz CT molecular complexity index is 743. The van der Waals surface area contributed by atoms with E-state index < -0.39 is 0 Å². The molecule has 1 aliphatic rings. The highest BCUT2D eigenvalue weighted by atomic mass is 32.1. The van der Waals surface area contributed by atoms with Crippen molar-refractivity contribution in [1.29, 1.82) is 0 Å². The van der Waals surface area contributed by atoms with E-state index in [0.29, 0.717) is 0 Å². The number of nitrogens with zero attached hydrogens (tertiary/aromatic N) is 2. The Morgan fingerprint density at radius 1 is 1.05 bits per heavy atom. The number of fused-ring (bicyclic) bond motifs is 1. The van der Waals surface area contributed by atoms with E-state index in [1.165, 1.54) is 21.9 Å². The molecule has 1 unspecified atom stereocenters. The molecule has 5 heteroatoms. The van der Waals surface area contributed by atoms with E-state index in [9.17, 15) is 4.79 Å². The van der Waals surface area contributed by atoms with E-state index >= 15 is 0 Å². The van der Waals surface area contributed by atoms with Crippen molar-refractivity contribution in [2.45, 2.75) is 12.6 Å². The third-order valence-electron chi connectivity index (χ3n) is 3.84. The molecule has 3 nitrogen and oxygen atoms in total. The topological polar surface area (TPSA) is 25.2 Å². The van der Waals surface area contributed by atoms with Crippen molar-refractivity contribution in [2.24, 2.45) is 0 Å². The monoisotopic (exact) mass is 314 g/mol. The lowest BCUT2D eigenvalue weighted by atomic mass is 10.1. The Kier molecular flexibility index (Phi) is 3.16. The minimum Gasteiger partial charge on any atom is -0.347 e. The normalized spacial score (nSPS) is 17.7. The van der Waals surface area contributed by atoms with Crippen LogP contribution in [0.3, 0.4) is 0 Å². The smallest absolute Gasteiger partial charge is 0.264 e. The van der Waals surface area contributed by atoms with Crippen molar-refractivity contribution in [3.05, 3.63) is 68.8 Å². The van der Waals surface area contributed by atoms with Crippen LogP contribution in [0.2, 0.25) is 0 Å². The van der Waals surface area contributed by atoms with Gasteiger partial charge in [-0.25, -0.2) is 0 Å². The maximum atomic E-state index is 12.8. The first kappa shape index (κ1) is 12.9. The second-order valence-electron chi connectivity index (χ2n) is 5.02. The highest BCUT2D eigenvalue weighted by molar-refractivity contribution is 7.12. The molecular weight excluding hydrogens is 300 g/mol. The Labute approximate surface area is 131 Å². The molecule has 0 spiro atoms. The van der Waals surface area contributed by atoms with Crippen LogP contribution in [0.25, 0.3) is 0 Å². The molecule has 4 heterocycles. The van der Waals surface area contributed by atoms with E-state index in [1.807, 2.05) is 22.4 Å². The van der Waals surface area contributed by atoms with Gasteiger partial charge in [0.1, 0.15) is 6.04 Å². The fraction of sp³-hybridized carbons (Fsp3) is 0.188. The molecule has 0 saturated carbocycles. The van der Waals surface area contributed by atoms with Gasteiger partial charge in [0.05, 0.1) is 4.88 Å². The molecule has 0 aliphatic carbocycles. The molecule has 0 saturated heterocycles. The maximum Gasteiger partial charge on any atom is 0.264 e. The first-order valence-electron chi connectivity index (χ1n) is 6.87. The SMILES string of the molecule is O=C(c1cccs1)N1CCn2cccc2C1c1cccs1. The summed E-state index contributed by atoms with van der Waals surface area (Å²) in [5.74, 6) is 0.135. The van der Waals surface area contributed by atoms with E-state index in [2.05, 4.69) is 40.4 Å². The van der Waals surface area contributed by atoms with Crippen molar-refractivity contribution in [1.82, 2.24) is 9.47 Å². The zero-order valence-corrected chi connectivity index (χ0v) is 12.9. The second kappa shape index (κ2) is 5.16. The predicted molar refractivity (Wildman–Crippen MR) is 85.9 cm³/mol. The van der Waals surface area contributed by atoms with Crippen LogP contribution in [-0.2, 0) is 6.54 Å². The van der Waals surface area contributed by atoms with Crippen LogP contribution in [0.5, 0.6) is 0 Å². The Balaban J connectivity index is 1.78. The van der Waals surface area contributed by atoms with Crippen molar-refractivity contribution in [3.63, 3.8) is 0 Å². The third kappa shape index (κ3) is 2.13. The number of carbonyl (C=O) groups excluding carboxylic acids is 1. The molecule has 3 aromatic rings. The van der Waals surface area contributed by atoms with E-state index in [1.54, 1.807) is 11.3 Å². The summed E-state index contributed by atoms with van der Waals surface area (Å²) in [4.78, 5) is 16.9. The molecule has 1 atom stereocenters. The van der Waals surface area contributed by atoms with Crippen LogP contribution < -0.4 is 0 Å². The number of carbonyl (C=O) groups is 1. The summed E-state index contributed by atoms with van der Waals surface area (Å²) >= 11 is 3.22. The molecule has 1 amide bonds. The van der Waals surface area contributed by atoms with Crippen LogP contribution in [0, 0.1) is 0 Å². The van der Waals surface area contributed by atoms with E-state index in [0.717, 1.165) is 18.0 Å². The zero-order valence-electron chi connectivity index (χ0n) is 11.3. The zero-order chi connectivity index (χ0) is 14.2. The van der Waals surface area contributed by atoms with Crippen LogP contribution >= 0.6 is 22.7 Å². The van der Waals surface area contributed by atoms with Gasteiger partial charge in [0, 0.05) is 29.9 Å². The lowest BCUT2D eigenvalue weighted by molar-refractivity contribution is 0.0672. The van der Waals surface area contributed by atoms with E-state index in [-0.39, 0.29) is 11.9 Å². The summed E-state index contributed by atoms with van der Waals surface area (Å²) in [6, 6.07) is 12.2. The minimum absolute atomic E-state index is 0.0309. The summed E-state index contributed by atoms with van der Waals surface area (Å²) in [6.45, 7) is 1.61. The Hall–Kier alpha value is -1.85. The van der Waals surface area contributed by atoms with Gasteiger partial charge < -0.3 is 9.47 Å². The standard InChI is InChI=1S/C16H14N2OS2/c19-16(14-6-3-11-21-14)18-9-8-17-7-1-4-12(17)15(18)13-5-2-10-20-13/h1-7,10-11,15H,8-9H2. The number of hydrogen-bond acceptors (Lipinski definition) is 3. The number of aromatic nitrogens is 1. The van der Waals surface area contributed by atoms with Gasteiger partial charge in [-0.3, -0.25) is 4.79 Å². The molecule has 0 N–H and O–H groups in total. The fourth-order valence-electron chi connectivity index (χ4n) is 2.89. The van der Waals surface area contributed by atoms with Gasteiger partial charge in [-0.2, -0.15) is 0 Å². The molecule has 106 valence electrons. The van der Waals surface area contributed by atoms with Gasteiger partial charge in [0.2, 0.25) is 0 Å². The highest BCUT2D eigenvalue weighted by Crippen LogP contribution is 2.36. The highest BCUT2D eigenvalue weighted by Gasteiger charge is 2.33. The van der Waals surface area contributed by atoms with Gasteiger partial charge in [-0.05, 0) is 35.0 Å². The molecular formula is C16H14N2OS2. The third-order valence-corrected chi connectivity index (χ3v) is 5.63. The lowest BCUT2D eigenvalue weighted by Gasteiger charge is -2.36. The van der Waals surface area contributed by atoms with Crippen molar-refractivity contribution in [2.75, 3.05) is 6.54 Å². The van der Waals surface area contributed by atoms with Crippen molar-refractivity contribution in [3.8, 4) is 0 Å². The number of rotatable bonds is 2. The summed E-state index contributed by atoms with van der Waals surface area (Å²) in [5.41, 5.74) is 1.20. The van der Waals surface area contributed by atoms with Crippen molar-refractivity contribution < 1.29 is 4.79 Å². The van der Waals surface area contributed by atoms with Gasteiger partial charge in [-0.1, -0.05) is 12.1 Å². The molecule has 3 aromatic heterocycles. The van der Waals surface area contributed by atoms with Gasteiger partial charge in [0.15, 0.2) is 0 Å². The molecule has 4 rings (SSSR count). The first-order valence-corrected chi connectivity index (χ1v) is 8.63. The summed E-state index contributed by atoms with van der Waals surface area (Å²) in [6.07, 6.45) is 2.10. The first-order chi connectivity index (χ1) is 10.3. The summed E-state index contributed by atoms with van der Waals surface area (Å²) in [7, 11) is 0. The Morgan fingerprint density at radius 3 is 2.67 bits per heavy atom. The largest absolute Gasteiger partial charge is 0.347 e. The number of thiophene rings is 2. The predicted octanol–water partition coefficient (Wildman–Crippen LogP) is 3.86. The molecule has 0 fully saturated rings. The second-order valence-corrected chi connectivity index (χ2v) is 6.95. The average Bonchev–Trinajstić information content (AvgIpc) is 3.25. The van der Waals surface area contributed by atoms with Crippen LogP contribution in [0.1, 0.15) is 26.3 Å². The summed E-state index contributed by atoms with van der Waals surface area (Å²) in [5, 5.41) is 4.03. The van der Waals surface area contributed by atoms with Crippen molar-refractivity contribution >= 4 is 28.6 Å². The fourth-order valence-corrected chi connectivity index (χ4v) is 4.42. The number of hydrogen-bond donors (Lipinski definition) is 0. The minimum atomic E-state index is 0.0309. The molecule has 21 heavy (non-hydrogen) atoms. The summed E-state index contributed by atoms with van der Waals surface area (Å²) < 4.78 is 2.25. The molecule has 1 aliphatic heterocycles. The molecule has 0 bridgehead atoms. The van der Waals surface area contributed by atoms with Crippen LogP contribution in [0.4, 0.5) is 0 Å². The lowest BCUT2D eigenvalue weighted by Crippen LogP contribution is -2.41. The van der Waals surface area contributed by atoms with Crippen LogP contribution in [0.15, 0.2) is 53.4 Å². The Morgan fingerprint density at radius 2 is 1.90 bits per heavy atom. The quantitative estimate of drug-likeness (QED) is 0.705. The van der Waals surface area contributed by atoms with Gasteiger partial charge >= 0.3 is 0 Å². The van der Waals surface area contributed by atoms with Crippen LogP contribution in [-0.4, -0.2) is 21.9 Å². The van der Waals surface area contributed by atoms with Gasteiger partial charge in [-0.15, -0.1) is 22.7 Å². The molecule has 0 radical (unpaired) electrons. The maximum absolute atomic E-state index is 12.8. The van der Waals surface area contributed by atoms with E-state index in [4.69, 9.17) is 0 Å². The van der Waals surface area contributed by atoms with Gasteiger partial charge in [0.25, 0.3) is 5.91 Å².